The first-order valence-electron chi connectivity index (χ1n) is 13.9. The summed E-state index contributed by atoms with van der Waals surface area (Å²) in [5, 5.41) is 18.4. The number of rotatable bonds is 19. The molecule has 2 aromatic heterocycles. The number of amides is 1. The molecule has 10 N–H and O–H groups in total. The summed E-state index contributed by atoms with van der Waals surface area (Å²) < 4.78 is 5.47. The van der Waals surface area contributed by atoms with Crippen LogP contribution < -0.4 is 33.2 Å². The highest BCUT2D eigenvalue weighted by atomic mass is 32.2. The number of benzene rings is 1. The number of nitrogens with two attached hydrogens (primary N) is 3. The normalized spacial score (nSPS) is 12.1. The number of nitrogens with zero attached hydrogens (tertiary/aromatic N) is 4. The summed E-state index contributed by atoms with van der Waals surface area (Å²) >= 11 is 1.71. The van der Waals surface area contributed by atoms with Gasteiger partial charge in [0.15, 0.2) is 17.0 Å². The number of Topliss-reactive ketones (excluding diaryl/α,β-unsaturated/α-hetero) is 1. The number of nitrogen functional groups attached to an aromatic ring is 2. The van der Waals surface area contributed by atoms with Crippen LogP contribution in [-0.2, 0) is 20.9 Å². The number of carbonyl (C=O) groups excluding carboxylic acids is 2. The Morgan fingerprint density at radius 1 is 1.07 bits per heavy atom. The molecule has 0 bridgehead atoms. The first kappa shape index (κ1) is 33.8. The van der Waals surface area contributed by atoms with Crippen LogP contribution in [0.3, 0.4) is 0 Å². The van der Waals surface area contributed by atoms with Gasteiger partial charge in [-0.15, -0.1) is 0 Å². The zero-order valence-electron chi connectivity index (χ0n) is 24.4. The molecule has 0 saturated heterocycles. The van der Waals surface area contributed by atoms with Crippen molar-refractivity contribution in [3.05, 3.63) is 53.6 Å². The summed E-state index contributed by atoms with van der Waals surface area (Å²) in [5.74, 6) is -0.854. The summed E-state index contributed by atoms with van der Waals surface area (Å²) in [6, 6.07) is 5.25. The van der Waals surface area contributed by atoms with E-state index in [4.69, 9.17) is 21.9 Å². The van der Waals surface area contributed by atoms with Crippen molar-refractivity contribution < 1.29 is 24.2 Å². The minimum absolute atomic E-state index is 0.00141. The van der Waals surface area contributed by atoms with Crippen LogP contribution >= 0.6 is 11.8 Å². The number of carbonyl (C=O) groups is 3. The predicted octanol–water partition coefficient (Wildman–Crippen LogP) is 1.28. The fourth-order valence-corrected chi connectivity index (χ4v) is 4.25. The molecule has 1 aromatic carbocycles. The molecular weight excluding hydrogens is 588 g/mol. The van der Waals surface area contributed by atoms with Crippen LogP contribution in [-0.4, -0.2) is 80.5 Å². The second kappa shape index (κ2) is 17.4. The van der Waals surface area contributed by atoms with Crippen LogP contribution in [0.4, 0.5) is 17.5 Å². The predicted molar refractivity (Wildman–Crippen MR) is 170 cm³/mol. The lowest BCUT2D eigenvalue weighted by Gasteiger charge is -2.15. The third kappa shape index (κ3) is 10.9. The van der Waals surface area contributed by atoms with E-state index < -0.39 is 17.9 Å². The molecule has 3 aromatic rings. The molecule has 0 aliphatic carbocycles. The lowest BCUT2D eigenvalue weighted by Crippen LogP contribution is -2.41. The maximum Gasteiger partial charge on any atom is 0.326 e. The number of ketones is 1. The van der Waals surface area contributed by atoms with Crippen LogP contribution in [0.1, 0.15) is 41.7 Å². The van der Waals surface area contributed by atoms with Crippen molar-refractivity contribution in [1.82, 2.24) is 30.6 Å². The zero-order valence-corrected chi connectivity index (χ0v) is 25.2. The van der Waals surface area contributed by atoms with E-state index in [9.17, 15) is 19.5 Å². The average molecular weight is 627 g/mol. The smallest absolute Gasteiger partial charge is 0.326 e. The van der Waals surface area contributed by atoms with E-state index in [1.807, 2.05) is 6.26 Å². The summed E-state index contributed by atoms with van der Waals surface area (Å²) in [6.45, 7) is 2.06. The minimum Gasteiger partial charge on any atom is -0.480 e. The summed E-state index contributed by atoms with van der Waals surface area (Å²) in [5.41, 5.74) is 20.0. The number of anilines is 3. The third-order valence-corrected chi connectivity index (χ3v) is 6.92. The van der Waals surface area contributed by atoms with Gasteiger partial charge in [-0.05, 0) is 43.4 Å². The average Bonchev–Trinajstić information content (AvgIpc) is 3.01. The Bertz CT molecular complexity index is 1450. The highest BCUT2D eigenvalue weighted by Gasteiger charge is 2.22. The number of aromatic nitrogens is 4. The lowest BCUT2D eigenvalue weighted by atomic mass is 10.0. The molecule has 1 unspecified atom stereocenters. The summed E-state index contributed by atoms with van der Waals surface area (Å²) in [6.07, 6.45) is 5.52. The number of aliphatic carboxylic acids is 1. The highest BCUT2D eigenvalue weighted by Crippen LogP contribution is 2.16. The van der Waals surface area contributed by atoms with E-state index in [1.54, 1.807) is 36.0 Å². The van der Waals surface area contributed by atoms with Crippen molar-refractivity contribution in [1.29, 1.82) is 0 Å². The first-order valence-corrected chi connectivity index (χ1v) is 15.2. The Balaban J connectivity index is 1.43. The molecule has 0 spiro atoms. The molecule has 1 atom stereocenters. The number of ether oxygens (including phenoxy) is 1. The summed E-state index contributed by atoms with van der Waals surface area (Å²) in [4.78, 5) is 53.5. The quantitative estimate of drug-likeness (QED) is 0.0926. The van der Waals surface area contributed by atoms with Gasteiger partial charge in [0.1, 0.15) is 11.8 Å². The van der Waals surface area contributed by atoms with E-state index in [0.717, 1.165) is 5.75 Å². The minimum atomic E-state index is -1.22. The van der Waals surface area contributed by atoms with Gasteiger partial charge in [0.25, 0.3) is 5.91 Å². The van der Waals surface area contributed by atoms with Crippen molar-refractivity contribution in [2.24, 2.45) is 5.73 Å². The van der Waals surface area contributed by atoms with Crippen molar-refractivity contribution in [3.63, 3.8) is 0 Å². The number of carboxylic acids is 1. The fraction of sp³-hybridized carbons (Fsp3) is 0.393. The second-order valence-electron chi connectivity index (χ2n) is 9.60. The fourth-order valence-electron chi connectivity index (χ4n) is 3.96. The molecule has 1 amide bonds. The van der Waals surface area contributed by atoms with E-state index in [-0.39, 0.29) is 42.4 Å². The number of thioether (sulfide) groups is 1. The van der Waals surface area contributed by atoms with Crippen molar-refractivity contribution in [2.75, 3.05) is 48.6 Å². The van der Waals surface area contributed by atoms with Crippen LogP contribution in [0.2, 0.25) is 0 Å². The topological polar surface area (TPSA) is 246 Å². The van der Waals surface area contributed by atoms with Gasteiger partial charge in [-0.2, -0.15) is 21.7 Å². The van der Waals surface area contributed by atoms with Gasteiger partial charge in [0.05, 0.1) is 31.6 Å². The number of allylic oxidation sites excluding steroid dienone is 1. The molecule has 0 fully saturated rings. The molecule has 0 saturated carbocycles. The highest BCUT2D eigenvalue weighted by molar-refractivity contribution is 7.98. The first-order chi connectivity index (χ1) is 21.2. The number of hydrogen-bond acceptors (Lipinski definition) is 14. The lowest BCUT2D eigenvalue weighted by molar-refractivity contribution is -0.139. The number of nitrogens with one attached hydrogen (secondary N) is 3. The Morgan fingerprint density at radius 2 is 1.84 bits per heavy atom. The largest absolute Gasteiger partial charge is 0.480 e. The van der Waals surface area contributed by atoms with Crippen molar-refractivity contribution in [3.8, 4) is 0 Å². The van der Waals surface area contributed by atoms with Gasteiger partial charge in [-0.25, -0.2) is 14.8 Å². The second-order valence-corrected chi connectivity index (χ2v) is 10.6. The van der Waals surface area contributed by atoms with Crippen molar-refractivity contribution in [2.45, 2.75) is 38.3 Å². The maximum absolute atomic E-state index is 12.7. The van der Waals surface area contributed by atoms with E-state index in [0.29, 0.717) is 61.0 Å². The number of carboxylic acid groups (broad SMARTS) is 1. The molecule has 0 aliphatic heterocycles. The van der Waals surface area contributed by atoms with Gasteiger partial charge in [-0.1, -0.05) is 0 Å². The van der Waals surface area contributed by atoms with Gasteiger partial charge in [0, 0.05) is 48.3 Å². The van der Waals surface area contributed by atoms with Gasteiger partial charge >= 0.3 is 5.97 Å². The molecule has 15 nitrogen and oxygen atoms in total. The van der Waals surface area contributed by atoms with Crippen LogP contribution in [0.5, 0.6) is 0 Å². The molecule has 0 aliphatic rings. The van der Waals surface area contributed by atoms with Gasteiger partial charge < -0.3 is 43.0 Å². The molecule has 236 valence electrons. The SMILES string of the molecule is CSCCOCCN/C(=C\N)CCC(=O)CCC(NC(=O)c1ccc(NCc2cnc3nc(N)nc(N)c3n2)cc1)C(=O)O. The Morgan fingerprint density at radius 3 is 2.55 bits per heavy atom. The van der Waals surface area contributed by atoms with Gasteiger partial charge in [0.2, 0.25) is 5.95 Å². The number of fused-ring (bicyclic) bond motifs is 1. The number of hydrogen-bond donors (Lipinski definition) is 7. The van der Waals surface area contributed by atoms with E-state index in [1.165, 1.54) is 12.4 Å². The molecule has 44 heavy (non-hydrogen) atoms. The zero-order chi connectivity index (χ0) is 31.9. The van der Waals surface area contributed by atoms with Crippen LogP contribution in [0.25, 0.3) is 11.2 Å². The van der Waals surface area contributed by atoms with Crippen LogP contribution in [0, 0.1) is 0 Å². The standard InChI is InChI=1S/C28H38N10O5S/c1-44-13-12-43-11-10-32-19(14-29)6-7-21(39)8-9-22(27(41)42)36-26(40)17-2-4-18(5-3-17)33-15-20-16-34-25-23(35-20)24(30)37-28(31)38-25/h2-5,14,16,22,32-33H,6-13,15,29H2,1H3,(H,36,40)(H,41,42)(H4,30,31,34,37,38)/b19-14-. The van der Waals surface area contributed by atoms with E-state index in [2.05, 4.69) is 35.9 Å². The van der Waals surface area contributed by atoms with Crippen LogP contribution in [0.15, 0.2) is 42.4 Å². The summed E-state index contributed by atoms with van der Waals surface area (Å²) in [7, 11) is 0. The Kier molecular flexibility index (Phi) is 13.4. The molecule has 16 heteroatoms. The Hall–Kier alpha value is -4.70. The maximum atomic E-state index is 12.7. The molecule has 0 radical (unpaired) electrons. The molecule has 2 heterocycles. The Labute approximate surface area is 258 Å². The molecular formula is C28H38N10O5S. The van der Waals surface area contributed by atoms with E-state index >= 15 is 0 Å². The van der Waals surface area contributed by atoms with Crippen molar-refractivity contribution >= 4 is 58.0 Å². The van der Waals surface area contributed by atoms with Gasteiger partial charge in [-0.3, -0.25) is 9.59 Å². The third-order valence-electron chi connectivity index (χ3n) is 6.34. The monoisotopic (exact) mass is 626 g/mol. The molecule has 3 rings (SSSR count).